The molecule has 0 saturated heterocycles. The van der Waals surface area contributed by atoms with Crippen molar-refractivity contribution in [1.29, 1.82) is 0 Å². The van der Waals surface area contributed by atoms with E-state index in [0.717, 1.165) is 5.56 Å². The summed E-state index contributed by atoms with van der Waals surface area (Å²) < 4.78 is 18.1. The topological polar surface area (TPSA) is 54.4 Å². The Morgan fingerprint density at radius 3 is 2.52 bits per heavy atom. The van der Waals surface area contributed by atoms with E-state index in [1.807, 2.05) is 19.1 Å². The number of ether oxygens (including phenoxy) is 1. The first-order valence-corrected chi connectivity index (χ1v) is 6.85. The minimum atomic E-state index is -0.639. The predicted octanol–water partition coefficient (Wildman–Crippen LogP) is 2.31. The number of pyridine rings is 1. The van der Waals surface area contributed by atoms with Gasteiger partial charge in [0, 0.05) is 25.0 Å². The molecule has 1 unspecified atom stereocenters. The Balaban J connectivity index is 1.72. The summed E-state index contributed by atoms with van der Waals surface area (Å²) in [5, 5.41) is 13.1. The lowest BCUT2D eigenvalue weighted by molar-refractivity contribution is 0.104. The van der Waals surface area contributed by atoms with Gasteiger partial charge in [-0.3, -0.25) is 4.98 Å². The molecular formula is C16H19FN2O2. The molecule has 2 atom stereocenters. The van der Waals surface area contributed by atoms with Crippen LogP contribution in [0.15, 0.2) is 48.8 Å². The Hall–Kier alpha value is -1.98. The standard InChI is InChI=1S/C16H19FN2O2/c1-12(13-6-8-18-9-7-13)19-10-15(20)11-21-16-4-2-14(17)3-5-16/h2-9,12,15,19-20H,10-11H2,1H3/t12-,15?/m0/s1. The second-order valence-corrected chi connectivity index (χ2v) is 4.83. The van der Waals surface area contributed by atoms with E-state index >= 15 is 0 Å². The molecule has 0 bridgehead atoms. The summed E-state index contributed by atoms with van der Waals surface area (Å²) >= 11 is 0. The van der Waals surface area contributed by atoms with Gasteiger partial charge in [0.2, 0.25) is 0 Å². The van der Waals surface area contributed by atoms with Crippen molar-refractivity contribution in [2.45, 2.75) is 19.1 Å². The maximum atomic E-state index is 12.7. The van der Waals surface area contributed by atoms with E-state index in [9.17, 15) is 9.50 Å². The minimum Gasteiger partial charge on any atom is -0.491 e. The fraction of sp³-hybridized carbons (Fsp3) is 0.312. The highest BCUT2D eigenvalue weighted by molar-refractivity contribution is 5.22. The SMILES string of the molecule is C[C@H](NCC(O)COc1ccc(F)cc1)c1ccncc1. The normalized spacial score (nSPS) is 13.7. The van der Waals surface area contributed by atoms with Crippen LogP contribution in [-0.4, -0.2) is 29.3 Å². The average molecular weight is 290 g/mol. The van der Waals surface area contributed by atoms with Crippen LogP contribution >= 0.6 is 0 Å². The van der Waals surface area contributed by atoms with Crippen molar-refractivity contribution < 1.29 is 14.2 Å². The predicted molar refractivity (Wildman–Crippen MR) is 78.6 cm³/mol. The van der Waals surface area contributed by atoms with E-state index in [-0.39, 0.29) is 18.5 Å². The van der Waals surface area contributed by atoms with E-state index in [1.54, 1.807) is 12.4 Å². The Bertz CT molecular complexity index is 534. The Kier molecular flexibility index (Phi) is 5.66. The zero-order valence-corrected chi connectivity index (χ0v) is 11.9. The Morgan fingerprint density at radius 1 is 1.19 bits per heavy atom. The van der Waals surface area contributed by atoms with Crippen molar-refractivity contribution in [1.82, 2.24) is 10.3 Å². The molecule has 0 fully saturated rings. The van der Waals surface area contributed by atoms with Crippen molar-refractivity contribution in [3.63, 3.8) is 0 Å². The molecule has 0 aliphatic heterocycles. The van der Waals surface area contributed by atoms with Gasteiger partial charge in [-0.2, -0.15) is 0 Å². The minimum absolute atomic E-state index is 0.119. The van der Waals surface area contributed by atoms with Crippen molar-refractivity contribution in [2.24, 2.45) is 0 Å². The van der Waals surface area contributed by atoms with Gasteiger partial charge in [0.05, 0.1) is 0 Å². The fourth-order valence-corrected chi connectivity index (χ4v) is 1.86. The zero-order chi connectivity index (χ0) is 15.1. The lowest BCUT2D eigenvalue weighted by atomic mass is 10.1. The molecule has 0 saturated carbocycles. The summed E-state index contributed by atoms with van der Waals surface area (Å²) in [7, 11) is 0. The molecule has 2 aromatic rings. The molecule has 0 spiro atoms. The van der Waals surface area contributed by atoms with E-state index < -0.39 is 6.10 Å². The monoisotopic (exact) mass is 290 g/mol. The first-order valence-electron chi connectivity index (χ1n) is 6.85. The third kappa shape index (κ3) is 5.13. The highest BCUT2D eigenvalue weighted by Gasteiger charge is 2.09. The van der Waals surface area contributed by atoms with Gasteiger partial charge in [-0.25, -0.2) is 4.39 Å². The van der Waals surface area contributed by atoms with Crippen LogP contribution in [0.3, 0.4) is 0 Å². The summed E-state index contributed by atoms with van der Waals surface area (Å²) in [5.74, 6) is 0.230. The van der Waals surface area contributed by atoms with Gasteiger partial charge in [-0.05, 0) is 48.9 Å². The molecule has 0 amide bonds. The number of benzene rings is 1. The first-order chi connectivity index (χ1) is 10.1. The number of rotatable bonds is 7. The van der Waals surface area contributed by atoms with Crippen LogP contribution in [0, 0.1) is 5.82 Å². The number of hydrogen-bond acceptors (Lipinski definition) is 4. The molecule has 1 heterocycles. The third-order valence-corrected chi connectivity index (χ3v) is 3.12. The van der Waals surface area contributed by atoms with Gasteiger partial charge in [0.15, 0.2) is 0 Å². The number of aromatic nitrogens is 1. The van der Waals surface area contributed by atoms with Crippen molar-refractivity contribution in [3.05, 3.63) is 60.2 Å². The third-order valence-electron chi connectivity index (χ3n) is 3.12. The average Bonchev–Trinajstić information content (AvgIpc) is 2.53. The summed E-state index contributed by atoms with van der Waals surface area (Å²) in [5.41, 5.74) is 1.11. The molecule has 2 N–H and O–H groups in total. The molecule has 1 aromatic carbocycles. The van der Waals surface area contributed by atoms with Crippen molar-refractivity contribution >= 4 is 0 Å². The van der Waals surface area contributed by atoms with Crippen molar-refractivity contribution in [2.75, 3.05) is 13.2 Å². The second kappa shape index (κ2) is 7.71. The van der Waals surface area contributed by atoms with Gasteiger partial charge >= 0.3 is 0 Å². The first kappa shape index (κ1) is 15.4. The highest BCUT2D eigenvalue weighted by Crippen LogP contribution is 2.12. The van der Waals surface area contributed by atoms with Gasteiger partial charge < -0.3 is 15.2 Å². The van der Waals surface area contributed by atoms with Gasteiger partial charge in [0.25, 0.3) is 0 Å². The Morgan fingerprint density at radius 2 is 1.86 bits per heavy atom. The number of aliphatic hydroxyl groups is 1. The highest BCUT2D eigenvalue weighted by atomic mass is 19.1. The molecule has 112 valence electrons. The van der Waals surface area contributed by atoms with Gasteiger partial charge in [0.1, 0.15) is 24.3 Å². The molecule has 4 nitrogen and oxygen atoms in total. The van der Waals surface area contributed by atoms with Crippen LogP contribution in [0.5, 0.6) is 5.75 Å². The molecule has 1 aromatic heterocycles. The maximum absolute atomic E-state index is 12.7. The zero-order valence-electron chi connectivity index (χ0n) is 11.9. The van der Waals surface area contributed by atoms with Crippen LogP contribution in [0.1, 0.15) is 18.5 Å². The fourth-order valence-electron chi connectivity index (χ4n) is 1.86. The quantitative estimate of drug-likeness (QED) is 0.821. The van der Waals surface area contributed by atoms with Gasteiger partial charge in [-0.1, -0.05) is 0 Å². The molecule has 0 radical (unpaired) electrons. The molecule has 2 rings (SSSR count). The van der Waals surface area contributed by atoms with E-state index in [2.05, 4.69) is 10.3 Å². The molecule has 5 heteroatoms. The lowest BCUT2D eigenvalue weighted by Gasteiger charge is -2.17. The summed E-state index contributed by atoms with van der Waals surface area (Å²) in [6.45, 7) is 2.58. The summed E-state index contributed by atoms with van der Waals surface area (Å²) in [4.78, 5) is 3.97. The van der Waals surface area contributed by atoms with Crippen LogP contribution in [0.25, 0.3) is 0 Å². The van der Waals surface area contributed by atoms with Crippen LogP contribution < -0.4 is 10.1 Å². The van der Waals surface area contributed by atoms with Gasteiger partial charge in [-0.15, -0.1) is 0 Å². The molecule has 21 heavy (non-hydrogen) atoms. The smallest absolute Gasteiger partial charge is 0.123 e. The van der Waals surface area contributed by atoms with E-state index in [0.29, 0.717) is 12.3 Å². The molecule has 0 aliphatic carbocycles. The number of hydrogen-bond donors (Lipinski definition) is 2. The van der Waals surface area contributed by atoms with E-state index in [4.69, 9.17) is 4.74 Å². The summed E-state index contributed by atoms with van der Waals surface area (Å²) in [6, 6.07) is 9.70. The van der Waals surface area contributed by atoms with Crippen LogP contribution in [-0.2, 0) is 0 Å². The number of nitrogens with zero attached hydrogens (tertiary/aromatic N) is 1. The number of nitrogens with one attached hydrogen (secondary N) is 1. The molecular weight excluding hydrogens is 271 g/mol. The number of aliphatic hydroxyl groups excluding tert-OH is 1. The maximum Gasteiger partial charge on any atom is 0.123 e. The summed E-state index contributed by atoms with van der Waals surface area (Å²) in [6.07, 6.45) is 2.84. The second-order valence-electron chi connectivity index (χ2n) is 4.83. The Labute approximate surface area is 123 Å². The van der Waals surface area contributed by atoms with E-state index in [1.165, 1.54) is 24.3 Å². The van der Waals surface area contributed by atoms with Crippen LogP contribution in [0.2, 0.25) is 0 Å². The van der Waals surface area contributed by atoms with Crippen LogP contribution in [0.4, 0.5) is 4.39 Å². The largest absolute Gasteiger partial charge is 0.491 e. The molecule has 0 aliphatic rings. The van der Waals surface area contributed by atoms with Crippen molar-refractivity contribution in [3.8, 4) is 5.75 Å². The number of halogens is 1. The lowest BCUT2D eigenvalue weighted by Crippen LogP contribution is -2.33.